The van der Waals surface area contributed by atoms with Crippen LogP contribution in [0.15, 0.2) is 107 Å². The average molecular weight is 771 g/mol. The molecule has 0 radical (unpaired) electrons. The molecular weight excluding hydrogens is 741 g/mol. The van der Waals surface area contributed by atoms with E-state index in [2.05, 4.69) is 21.3 Å². The Labute approximate surface area is 307 Å². The van der Waals surface area contributed by atoms with Crippen molar-refractivity contribution in [3.63, 3.8) is 0 Å². The smallest absolute Gasteiger partial charge is 0.328 e. The third kappa shape index (κ3) is 7.50. The normalized spacial score (nSPS) is 11.6. The van der Waals surface area contributed by atoms with Crippen molar-refractivity contribution >= 4 is 82.4 Å². The van der Waals surface area contributed by atoms with Crippen molar-refractivity contribution in [2.45, 2.75) is 23.6 Å². The van der Waals surface area contributed by atoms with Crippen LogP contribution in [0.3, 0.4) is 0 Å². The Kier molecular flexibility index (Phi) is 9.74. The maximum Gasteiger partial charge on any atom is 0.328 e. The molecule has 54 heavy (non-hydrogen) atoms. The highest BCUT2D eigenvalue weighted by molar-refractivity contribution is 7.86. The minimum absolute atomic E-state index is 0.0176. The highest BCUT2D eigenvalue weighted by atomic mass is 32.2. The van der Waals surface area contributed by atoms with Gasteiger partial charge in [0, 0.05) is 55.4 Å². The zero-order valence-corrected chi connectivity index (χ0v) is 29.8. The Morgan fingerprint density at radius 2 is 0.852 bits per heavy atom. The highest BCUT2D eigenvalue weighted by Gasteiger charge is 2.23. The first-order valence-electron chi connectivity index (χ1n) is 15.8. The largest absolute Gasteiger partial charge is 0.506 e. The minimum Gasteiger partial charge on any atom is -0.506 e. The molecule has 0 heterocycles. The number of carbonyl (C=O) groups excluding carboxylic acids is 3. The molecule has 4 amide bonds. The fraction of sp³-hybridized carbons (Fsp3) is 0.0541. The number of carbonyl (C=O) groups is 3. The lowest BCUT2D eigenvalue weighted by atomic mass is 10.1. The second kappa shape index (κ2) is 14.1. The van der Waals surface area contributed by atoms with Crippen LogP contribution in [0.5, 0.6) is 11.5 Å². The van der Waals surface area contributed by atoms with Gasteiger partial charge >= 0.3 is 6.03 Å². The number of hydrogen-bond acceptors (Lipinski definition) is 11. The van der Waals surface area contributed by atoms with E-state index in [0.717, 1.165) is 12.1 Å². The quantitative estimate of drug-likeness (QED) is 0.0628. The van der Waals surface area contributed by atoms with Crippen LogP contribution in [0.2, 0.25) is 0 Å². The number of phenols is 2. The van der Waals surface area contributed by atoms with Gasteiger partial charge in [0.1, 0.15) is 21.3 Å². The van der Waals surface area contributed by atoms with E-state index >= 15 is 0 Å². The van der Waals surface area contributed by atoms with Gasteiger partial charge in [0.25, 0.3) is 32.1 Å². The molecule has 6 aromatic carbocycles. The number of hydrogen-bond donors (Lipinski definition) is 8. The Morgan fingerprint density at radius 3 is 1.20 bits per heavy atom. The number of urea groups is 1. The van der Waals surface area contributed by atoms with Crippen molar-refractivity contribution in [3.05, 3.63) is 119 Å². The van der Waals surface area contributed by atoms with E-state index in [-0.39, 0.29) is 33.3 Å². The van der Waals surface area contributed by atoms with Crippen LogP contribution in [0, 0.1) is 13.8 Å². The summed E-state index contributed by atoms with van der Waals surface area (Å²) in [5.74, 6) is -3.06. The second-order valence-corrected chi connectivity index (χ2v) is 14.9. The first-order chi connectivity index (χ1) is 25.4. The van der Waals surface area contributed by atoms with Crippen LogP contribution >= 0.6 is 0 Å². The molecule has 0 unspecified atom stereocenters. The Morgan fingerprint density at radius 1 is 0.500 bits per heavy atom. The van der Waals surface area contributed by atoms with Crippen LogP contribution in [-0.2, 0) is 20.2 Å². The molecule has 15 nitrogen and oxygen atoms in total. The fourth-order valence-corrected chi connectivity index (χ4v) is 6.98. The maximum absolute atomic E-state index is 13.1. The number of rotatable bonds is 8. The standard InChI is InChI=1S/C37H30N4O11S2/c1-19-11-13-21(15-27(19)38-29-17-31(53(47,48)49)33(42)25-9-5-3-7-23(25)29)35(44)40-37(46)41-36(45)22-14-12-20(2)28(16-22)39-30-18-32(54(50,51)52)34(43)26-10-6-4-8-24(26)30/h3-18,38-39,42-43H,1-2H3,(H,47,48,49)(H,50,51,52)(H2,40,41,44,45,46). The molecule has 8 N–H and O–H groups in total. The maximum atomic E-state index is 13.1. The molecule has 6 aromatic rings. The third-order valence-electron chi connectivity index (χ3n) is 8.51. The minimum atomic E-state index is -4.82. The summed E-state index contributed by atoms with van der Waals surface area (Å²) in [5.41, 5.74) is 2.19. The zero-order chi connectivity index (χ0) is 39.1. The van der Waals surface area contributed by atoms with Crippen LogP contribution < -0.4 is 21.3 Å². The van der Waals surface area contributed by atoms with Crippen molar-refractivity contribution in [1.82, 2.24) is 10.6 Å². The fourth-order valence-electron chi connectivity index (χ4n) is 5.74. The van der Waals surface area contributed by atoms with E-state index in [4.69, 9.17) is 0 Å². The molecule has 0 saturated carbocycles. The van der Waals surface area contributed by atoms with Crippen LogP contribution in [0.25, 0.3) is 21.5 Å². The van der Waals surface area contributed by atoms with E-state index in [1.165, 1.54) is 36.4 Å². The molecule has 0 fully saturated rings. The zero-order valence-electron chi connectivity index (χ0n) is 28.2. The average Bonchev–Trinajstić information content (AvgIpc) is 3.11. The highest BCUT2D eigenvalue weighted by Crippen LogP contribution is 2.40. The van der Waals surface area contributed by atoms with Crippen LogP contribution in [0.1, 0.15) is 31.8 Å². The van der Waals surface area contributed by atoms with Gasteiger partial charge in [-0.2, -0.15) is 16.8 Å². The second-order valence-electron chi connectivity index (χ2n) is 12.1. The Balaban J connectivity index is 1.20. The summed E-state index contributed by atoms with van der Waals surface area (Å²) in [6, 6.07) is 22.3. The molecule has 0 saturated heterocycles. The summed E-state index contributed by atoms with van der Waals surface area (Å²) in [4.78, 5) is 37.6. The number of aryl methyl sites for hydroxylation is 2. The van der Waals surface area contributed by atoms with Gasteiger partial charge in [0.2, 0.25) is 0 Å². The predicted molar refractivity (Wildman–Crippen MR) is 200 cm³/mol. The molecule has 0 spiro atoms. The van der Waals surface area contributed by atoms with Crippen LogP contribution in [0.4, 0.5) is 27.5 Å². The Hall–Kier alpha value is -6.53. The summed E-state index contributed by atoms with van der Waals surface area (Å²) in [6.07, 6.45) is 0. The van der Waals surface area contributed by atoms with Gasteiger partial charge in [-0.3, -0.25) is 29.3 Å². The molecule has 0 aromatic heterocycles. The molecule has 0 aliphatic rings. The lowest BCUT2D eigenvalue weighted by Crippen LogP contribution is -2.42. The molecule has 0 atom stereocenters. The lowest BCUT2D eigenvalue weighted by Gasteiger charge is -2.16. The molecular formula is C37H30N4O11S2. The number of anilines is 4. The summed E-state index contributed by atoms with van der Waals surface area (Å²) >= 11 is 0. The van der Waals surface area contributed by atoms with Gasteiger partial charge in [0.05, 0.1) is 0 Å². The van der Waals surface area contributed by atoms with E-state index < -0.39 is 59.4 Å². The van der Waals surface area contributed by atoms with Gasteiger partial charge in [-0.15, -0.1) is 0 Å². The molecule has 17 heteroatoms. The van der Waals surface area contributed by atoms with Crippen molar-refractivity contribution in [3.8, 4) is 11.5 Å². The SMILES string of the molecule is Cc1ccc(C(=O)NC(=O)NC(=O)c2ccc(C)c(Nc3cc(S(=O)(=O)O)c(O)c4ccccc34)c2)cc1Nc1cc(S(=O)(=O)O)c(O)c2ccccc12. The van der Waals surface area contributed by atoms with E-state index in [1.54, 1.807) is 62.4 Å². The van der Waals surface area contributed by atoms with E-state index in [9.17, 15) is 50.5 Å². The number of phenolic OH excluding ortho intramolecular Hbond substituents is 2. The van der Waals surface area contributed by atoms with Crippen molar-refractivity contribution < 1.29 is 50.5 Å². The number of aromatic hydroxyl groups is 2. The molecule has 276 valence electrons. The van der Waals surface area contributed by atoms with Gasteiger partial charge in [-0.05, 0) is 61.4 Å². The molecule has 0 aliphatic carbocycles. The molecule has 0 aliphatic heterocycles. The van der Waals surface area contributed by atoms with Crippen molar-refractivity contribution in [2.24, 2.45) is 0 Å². The number of benzene rings is 6. The van der Waals surface area contributed by atoms with Gasteiger partial charge < -0.3 is 20.8 Å². The van der Waals surface area contributed by atoms with Crippen LogP contribution in [-0.4, -0.2) is 54.0 Å². The first-order valence-corrected chi connectivity index (χ1v) is 18.7. The van der Waals surface area contributed by atoms with Gasteiger partial charge in [-0.25, -0.2) is 4.79 Å². The van der Waals surface area contributed by atoms with E-state index in [0.29, 0.717) is 33.3 Å². The van der Waals surface area contributed by atoms with E-state index in [1.807, 2.05) is 0 Å². The first kappa shape index (κ1) is 37.2. The summed E-state index contributed by atoms with van der Waals surface area (Å²) in [5, 5.41) is 32.3. The lowest BCUT2D eigenvalue weighted by molar-refractivity contribution is 0.0944. The topological polar surface area (TPSA) is 249 Å². The molecule has 6 rings (SSSR count). The van der Waals surface area contributed by atoms with Gasteiger partial charge in [-0.1, -0.05) is 60.7 Å². The number of fused-ring (bicyclic) bond motifs is 2. The summed E-state index contributed by atoms with van der Waals surface area (Å²) in [7, 11) is -9.63. The number of amides is 4. The monoisotopic (exact) mass is 770 g/mol. The predicted octanol–water partition coefficient (Wildman–Crippen LogP) is 6.28. The number of imide groups is 2. The summed E-state index contributed by atoms with van der Waals surface area (Å²) in [6.45, 7) is 3.40. The van der Waals surface area contributed by atoms with Crippen molar-refractivity contribution in [2.75, 3.05) is 10.6 Å². The number of nitrogens with one attached hydrogen (secondary N) is 4. The Bertz CT molecular complexity index is 2600. The molecule has 0 bridgehead atoms. The van der Waals surface area contributed by atoms with Gasteiger partial charge in [0.15, 0.2) is 0 Å². The van der Waals surface area contributed by atoms with Crippen molar-refractivity contribution in [1.29, 1.82) is 0 Å². The third-order valence-corrected chi connectivity index (χ3v) is 10.2. The summed E-state index contributed by atoms with van der Waals surface area (Å²) < 4.78 is 67.4.